The molecule has 0 aliphatic carbocycles. The maximum absolute atomic E-state index is 12.4. The molecule has 2 saturated heterocycles. The summed E-state index contributed by atoms with van der Waals surface area (Å²) in [6.07, 6.45) is 0.339. The Morgan fingerprint density at radius 3 is 2.69 bits per heavy atom. The van der Waals surface area contributed by atoms with Gasteiger partial charge in [0.05, 0.1) is 6.33 Å². The third-order valence-electron chi connectivity index (χ3n) is 6.49. The van der Waals surface area contributed by atoms with Crippen molar-refractivity contribution < 1.29 is 23.7 Å². The number of carbonyl (C=O) groups is 1. The molecule has 186 valence electrons. The number of nitrogens with two attached hydrogens (primary N) is 2. The van der Waals surface area contributed by atoms with Crippen molar-refractivity contribution in [2.45, 2.75) is 57.1 Å². The molecule has 1 unspecified atom stereocenters. The molecule has 12 heteroatoms. The predicted molar refractivity (Wildman–Crippen MR) is 126 cm³/mol. The number of hydrogen-bond acceptors (Lipinski definition) is 10. The van der Waals surface area contributed by atoms with Crippen LogP contribution >= 0.6 is 11.6 Å². The van der Waals surface area contributed by atoms with Crippen LogP contribution in [-0.4, -0.2) is 55.9 Å². The number of halogens is 1. The normalized spacial score (nSPS) is 29.0. The molecule has 0 radical (unpaired) electrons. The molecule has 2 aromatic heterocycles. The van der Waals surface area contributed by atoms with E-state index in [1.54, 1.807) is 23.0 Å². The minimum absolute atomic E-state index is 0.0591. The second kappa shape index (κ2) is 8.99. The summed E-state index contributed by atoms with van der Waals surface area (Å²) in [6.45, 7) is 5.54. The van der Waals surface area contributed by atoms with Crippen molar-refractivity contribution in [1.29, 1.82) is 0 Å². The zero-order chi connectivity index (χ0) is 24.9. The van der Waals surface area contributed by atoms with E-state index in [0.29, 0.717) is 16.2 Å². The minimum atomic E-state index is -0.977. The maximum Gasteiger partial charge on any atom is 0.323 e. The number of fused-ring (bicyclic) bond motifs is 2. The number of imidazole rings is 1. The third kappa shape index (κ3) is 4.13. The average Bonchev–Trinajstić information content (AvgIpc) is 3.48. The summed E-state index contributed by atoms with van der Waals surface area (Å²) >= 11 is 6.05. The molecule has 0 amide bonds. The van der Waals surface area contributed by atoms with Gasteiger partial charge in [0.15, 0.2) is 24.0 Å². The van der Waals surface area contributed by atoms with Crippen LogP contribution in [0.25, 0.3) is 11.2 Å². The summed E-state index contributed by atoms with van der Waals surface area (Å²) in [5, 5.41) is 0.604. The summed E-state index contributed by atoms with van der Waals surface area (Å²) in [6, 6.07) is 6.47. The van der Waals surface area contributed by atoms with Crippen molar-refractivity contribution in [3.05, 3.63) is 47.5 Å². The highest BCUT2D eigenvalue weighted by molar-refractivity contribution is 6.30. The molecular weight excluding hydrogens is 476 g/mol. The number of nitrogens with zero attached hydrogens (tertiary/aromatic N) is 4. The van der Waals surface area contributed by atoms with E-state index in [9.17, 15) is 4.79 Å². The Bertz CT molecular complexity index is 1240. The lowest BCUT2D eigenvalue weighted by Gasteiger charge is -2.28. The van der Waals surface area contributed by atoms with Gasteiger partial charge >= 0.3 is 5.97 Å². The summed E-state index contributed by atoms with van der Waals surface area (Å²) in [5.41, 5.74) is 12.7. The Labute approximate surface area is 206 Å². The van der Waals surface area contributed by atoms with Gasteiger partial charge < -0.3 is 30.4 Å². The van der Waals surface area contributed by atoms with Crippen molar-refractivity contribution in [2.75, 3.05) is 12.3 Å². The van der Waals surface area contributed by atoms with E-state index < -0.39 is 42.3 Å². The molecule has 2 aliphatic heterocycles. The number of esters is 1. The molecule has 6 atom stereocenters. The van der Waals surface area contributed by atoms with Crippen LogP contribution in [0, 0.1) is 5.92 Å². The average molecular weight is 503 g/mol. The monoisotopic (exact) mass is 502 g/mol. The van der Waals surface area contributed by atoms with Crippen molar-refractivity contribution in [2.24, 2.45) is 11.7 Å². The molecule has 4 N–H and O–H groups in total. The van der Waals surface area contributed by atoms with Crippen LogP contribution in [0.1, 0.15) is 38.9 Å². The first-order chi connectivity index (χ1) is 16.7. The molecule has 0 bridgehead atoms. The van der Waals surface area contributed by atoms with E-state index in [2.05, 4.69) is 15.0 Å². The number of anilines is 1. The number of carbonyl (C=O) groups excluding carboxylic acids is 1. The second-order valence-electron chi connectivity index (χ2n) is 9.25. The third-order valence-corrected chi connectivity index (χ3v) is 6.74. The first-order valence-corrected chi connectivity index (χ1v) is 11.7. The number of aromatic nitrogens is 4. The van der Waals surface area contributed by atoms with Gasteiger partial charge in [0.25, 0.3) is 0 Å². The van der Waals surface area contributed by atoms with Crippen LogP contribution in [0.3, 0.4) is 0 Å². The molecule has 2 aliphatic rings. The van der Waals surface area contributed by atoms with E-state index >= 15 is 0 Å². The minimum Gasteiger partial charge on any atom is -0.462 e. The van der Waals surface area contributed by atoms with Gasteiger partial charge in [0, 0.05) is 10.6 Å². The van der Waals surface area contributed by atoms with Gasteiger partial charge in [-0.1, -0.05) is 37.6 Å². The zero-order valence-electron chi connectivity index (χ0n) is 19.5. The summed E-state index contributed by atoms with van der Waals surface area (Å²) in [7, 11) is 0. The van der Waals surface area contributed by atoms with Crippen LogP contribution in [0.15, 0.2) is 36.9 Å². The Morgan fingerprint density at radius 1 is 1.23 bits per heavy atom. The fourth-order valence-corrected chi connectivity index (χ4v) is 4.56. The highest BCUT2D eigenvalue weighted by Crippen LogP contribution is 2.52. The molecule has 3 aromatic rings. The van der Waals surface area contributed by atoms with Gasteiger partial charge in [-0.15, -0.1) is 0 Å². The SMILES string of the molecule is CC(C)[C@H](N)C(=O)OC[C@H]1O[C@@H](n2cnc3c(N)ncnc32)[C@]2(C)OC(c3ccc(Cl)cc3)O[C@H]12. The van der Waals surface area contributed by atoms with Gasteiger partial charge in [-0.05, 0) is 25.0 Å². The van der Waals surface area contributed by atoms with E-state index in [1.807, 2.05) is 32.9 Å². The Balaban J connectivity index is 1.47. The second-order valence-corrected chi connectivity index (χ2v) is 9.69. The molecular formula is C23H27ClN6O5. The quantitative estimate of drug-likeness (QED) is 0.481. The van der Waals surface area contributed by atoms with Gasteiger partial charge in [-0.25, -0.2) is 15.0 Å². The lowest BCUT2D eigenvalue weighted by Crippen LogP contribution is -2.43. The largest absolute Gasteiger partial charge is 0.462 e. The smallest absolute Gasteiger partial charge is 0.323 e. The highest BCUT2D eigenvalue weighted by atomic mass is 35.5. The summed E-state index contributed by atoms with van der Waals surface area (Å²) in [5.74, 6) is -0.312. The fourth-order valence-electron chi connectivity index (χ4n) is 4.43. The number of rotatable bonds is 6. The van der Waals surface area contributed by atoms with Crippen LogP contribution in [0.5, 0.6) is 0 Å². The van der Waals surface area contributed by atoms with Gasteiger partial charge in [0.1, 0.15) is 42.3 Å². The zero-order valence-corrected chi connectivity index (χ0v) is 20.3. The van der Waals surface area contributed by atoms with Crippen molar-refractivity contribution in [1.82, 2.24) is 19.5 Å². The topological polar surface area (TPSA) is 150 Å². The standard InChI is InChI=1S/C23H27ClN6O5/c1-11(2)15(25)20(31)32-8-14-17-23(3,35-21(34-17)12-4-6-13(24)7-5-12)22(33-14)30-10-29-16-18(26)27-9-28-19(16)30/h4-7,9-11,14-15,17,21-22H,8,25H2,1-3H3,(H2,26,27,28)/t14-,15+,17-,21?,22-,23-/m1/s1. The van der Waals surface area contributed by atoms with Gasteiger partial charge in [0.2, 0.25) is 0 Å². The lowest BCUT2D eigenvalue weighted by atomic mass is 9.96. The molecule has 5 rings (SSSR count). The molecule has 2 fully saturated rings. The molecule has 0 saturated carbocycles. The summed E-state index contributed by atoms with van der Waals surface area (Å²) < 4.78 is 26.4. The number of nitrogen functional groups attached to an aromatic ring is 1. The first-order valence-electron chi connectivity index (χ1n) is 11.3. The molecule has 35 heavy (non-hydrogen) atoms. The number of ether oxygens (including phenoxy) is 4. The maximum atomic E-state index is 12.4. The Kier molecular flexibility index (Phi) is 6.14. The van der Waals surface area contributed by atoms with E-state index in [-0.39, 0.29) is 18.3 Å². The first kappa shape index (κ1) is 23.9. The molecule has 4 heterocycles. The summed E-state index contributed by atoms with van der Waals surface area (Å²) in [4.78, 5) is 25.1. The lowest BCUT2D eigenvalue weighted by molar-refractivity contribution is -0.180. The van der Waals surface area contributed by atoms with Crippen LogP contribution in [-0.2, 0) is 23.7 Å². The van der Waals surface area contributed by atoms with Crippen molar-refractivity contribution in [3.63, 3.8) is 0 Å². The van der Waals surface area contributed by atoms with Crippen molar-refractivity contribution >= 4 is 34.6 Å². The number of hydrogen-bond donors (Lipinski definition) is 2. The highest BCUT2D eigenvalue weighted by Gasteiger charge is 2.63. The van der Waals surface area contributed by atoms with Crippen LogP contribution in [0.4, 0.5) is 5.82 Å². The van der Waals surface area contributed by atoms with E-state index in [0.717, 1.165) is 5.56 Å². The fraction of sp³-hybridized carbons (Fsp3) is 0.478. The molecule has 1 aromatic carbocycles. The number of benzene rings is 1. The van der Waals surface area contributed by atoms with E-state index in [4.69, 9.17) is 42.0 Å². The Morgan fingerprint density at radius 2 is 1.97 bits per heavy atom. The Hall–Kier alpha value is -2.83. The van der Waals surface area contributed by atoms with Gasteiger partial charge in [-0.2, -0.15) is 0 Å². The molecule has 11 nitrogen and oxygen atoms in total. The predicted octanol–water partition coefficient (Wildman–Crippen LogP) is 2.36. The molecule has 0 spiro atoms. The van der Waals surface area contributed by atoms with Crippen LogP contribution in [0.2, 0.25) is 5.02 Å². The van der Waals surface area contributed by atoms with E-state index in [1.165, 1.54) is 6.33 Å². The van der Waals surface area contributed by atoms with Gasteiger partial charge in [-0.3, -0.25) is 9.36 Å². The van der Waals surface area contributed by atoms with Crippen molar-refractivity contribution in [3.8, 4) is 0 Å². The van der Waals surface area contributed by atoms with Crippen LogP contribution < -0.4 is 11.5 Å².